The number of halogens is 6. The highest BCUT2D eigenvalue weighted by molar-refractivity contribution is 7.99. The third-order valence-corrected chi connectivity index (χ3v) is 6.02. The quantitative estimate of drug-likeness (QED) is 0.232. The van der Waals surface area contributed by atoms with Crippen LogP contribution >= 0.6 is 11.8 Å². The number of allylic oxidation sites excluding steroid dienone is 1. The Morgan fingerprint density at radius 3 is 2.35 bits per heavy atom. The zero-order valence-electron chi connectivity index (χ0n) is 18.8. The van der Waals surface area contributed by atoms with Gasteiger partial charge in [0.15, 0.2) is 28.6 Å². The van der Waals surface area contributed by atoms with Crippen LogP contribution in [0, 0.1) is 0 Å². The molecule has 0 saturated heterocycles. The average Bonchev–Trinajstić information content (AvgIpc) is 3.24. The molecule has 0 spiro atoms. The summed E-state index contributed by atoms with van der Waals surface area (Å²) in [7, 11) is 0. The van der Waals surface area contributed by atoms with Gasteiger partial charge in [-0.3, -0.25) is 9.36 Å². The summed E-state index contributed by atoms with van der Waals surface area (Å²) in [6.07, 6.45) is -9.11. The number of hydrogen-bond acceptors (Lipinski definition) is 6. The van der Waals surface area contributed by atoms with E-state index in [0.29, 0.717) is 29.5 Å². The van der Waals surface area contributed by atoms with Crippen molar-refractivity contribution in [2.75, 3.05) is 17.7 Å². The Bertz CT molecular complexity index is 1280. The number of carbonyl (C=O) groups excluding carboxylic acids is 1. The number of carbonyl (C=O) groups is 1. The van der Waals surface area contributed by atoms with Crippen LogP contribution < -0.4 is 14.8 Å². The number of nitrogens with one attached hydrogen (secondary N) is 1. The topological polar surface area (TPSA) is 78.3 Å². The highest BCUT2D eigenvalue weighted by Gasteiger charge is 2.37. The van der Waals surface area contributed by atoms with E-state index in [1.54, 1.807) is 34.9 Å². The second-order valence-corrected chi connectivity index (χ2v) is 8.68. The van der Waals surface area contributed by atoms with Crippen LogP contribution in [0.2, 0.25) is 0 Å². The first-order valence-corrected chi connectivity index (χ1v) is 11.6. The minimum absolute atomic E-state index is 0.0147. The molecule has 2 heterocycles. The molecule has 2 aromatic carbocycles. The summed E-state index contributed by atoms with van der Waals surface area (Å²) >= 11 is 0.893. The molecule has 0 unspecified atom stereocenters. The van der Waals surface area contributed by atoms with Crippen LogP contribution in [0.5, 0.6) is 11.5 Å². The van der Waals surface area contributed by atoms with E-state index in [0.717, 1.165) is 11.8 Å². The number of benzene rings is 2. The molecule has 1 N–H and O–H groups in total. The third kappa shape index (κ3) is 6.18. The van der Waals surface area contributed by atoms with Crippen molar-refractivity contribution >= 4 is 23.4 Å². The highest BCUT2D eigenvalue weighted by atomic mass is 32.2. The summed E-state index contributed by atoms with van der Waals surface area (Å²) in [6, 6.07) is 7.92. The molecule has 14 heteroatoms. The molecule has 0 saturated carbocycles. The Morgan fingerprint density at radius 2 is 1.73 bits per heavy atom. The maximum atomic E-state index is 13.1. The van der Waals surface area contributed by atoms with Crippen molar-refractivity contribution in [3.63, 3.8) is 0 Å². The molecule has 4 rings (SSSR count). The van der Waals surface area contributed by atoms with Crippen molar-refractivity contribution in [1.82, 2.24) is 14.8 Å². The number of hydrogen-bond donors (Lipinski definition) is 1. The van der Waals surface area contributed by atoms with Crippen molar-refractivity contribution in [3.8, 4) is 11.5 Å². The average molecular weight is 544 g/mol. The van der Waals surface area contributed by atoms with Crippen LogP contribution in [0.4, 0.5) is 32.0 Å². The number of amides is 1. The summed E-state index contributed by atoms with van der Waals surface area (Å²) in [5, 5.41) is 10.5. The van der Waals surface area contributed by atoms with Gasteiger partial charge in [0.2, 0.25) is 5.91 Å². The van der Waals surface area contributed by atoms with Crippen molar-refractivity contribution in [2.45, 2.75) is 30.2 Å². The van der Waals surface area contributed by atoms with Crippen LogP contribution in [0.25, 0.3) is 0 Å². The van der Waals surface area contributed by atoms with Crippen LogP contribution in [0.1, 0.15) is 23.1 Å². The largest absolute Gasteiger partial charge is 0.485 e. The van der Waals surface area contributed by atoms with E-state index in [4.69, 9.17) is 9.47 Å². The van der Waals surface area contributed by atoms with Gasteiger partial charge in [-0.15, -0.1) is 16.8 Å². The molecule has 1 aliphatic rings. The number of thioether (sulfide) groups is 1. The van der Waals surface area contributed by atoms with Gasteiger partial charge in [0.05, 0.1) is 16.9 Å². The predicted molar refractivity (Wildman–Crippen MR) is 121 cm³/mol. The van der Waals surface area contributed by atoms with Gasteiger partial charge >= 0.3 is 12.4 Å². The summed E-state index contributed by atoms with van der Waals surface area (Å²) in [5.41, 5.74) is -3.69. The summed E-state index contributed by atoms with van der Waals surface area (Å²) in [4.78, 5) is 12.4. The molecule has 0 fully saturated rings. The lowest BCUT2D eigenvalue weighted by molar-refractivity contribution is -0.143. The molecular formula is C23H18F6N4O3S. The van der Waals surface area contributed by atoms with Gasteiger partial charge in [0.25, 0.3) is 0 Å². The lowest BCUT2D eigenvalue weighted by Crippen LogP contribution is -2.25. The summed E-state index contributed by atoms with van der Waals surface area (Å²) in [5.74, 6) is 0.281. The first-order chi connectivity index (χ1) is 17.5. The van der Waals surface area contributed by atoms with Crippen molar-refractivity contribution < 1.29 is 40.6 Å². The molecule has 1 aromatic heterocycles. The molecular weight excluding hydrogens is 526 g/mol. The number of anilines is 1. The van der Waals surface area contributed by atoms with Gasteiger partial charge in [-0.05, 0) is 30.3 Å². The van der Waals surface area contributed by atoms with Crippen LogP contribution in [0.15, 0.2) is 60.3 Å². The number of nitrogens with zero attached hydrogens (tertiary/aromatic N) is 3. The smallest absolute Gasteiger partial charge is 0.416 e. The number of rotatable bonds is 7. The van der Waals surface area contributed by atoms with E-state index in [2.05, 4.69) is 22.1 Å². The summed E-state index contributed by atoms with van der Waals surface area (Å²) < 4.78 is 91.7. The van der Waals surface area contributed by atoms with E-state index in [9.17, 15) is 31.1 Å². The number of para-hydroxylation sites is 2. The maximum Gasteiger partial charge on any atom is 0.416 e. The van der Waals surface area contributed by atoms with Crippen molar-refractivity contribution in [1.29, 1.82) is 0 Å². The highest BCUT2D eigenvalue weighted by Crippen LogP contribution is 2.38. The molecule has 1 atom stereocenters. The first kappa shape index (κ1) is 26.4. The molecule has 0 bridgehead atoms. The molecule has 0 radical (unpaired) electrons. The minimum Gasteiger partial charge on any atom is -0.485 e. The SMILES string of the molecule is C=CCn1c(SCC(=O)Nc2cc(C(F)(F)F)cc(C(F)(F)F)c2)nnc1[C@H]1COc2ccccc2O1. The van der Waals surface area contributed by atoms with Gasteiger partial charge < -0.3 is 14.8 Å². The first-order valence-electron chi connectivity index (χ1n) is 10.6. The fourth-order valence-corrected chi connectivity index (χ4v) is 4.20. The van der Waals surface area contributed by atoms with E-state index < -0.39 is 41.2 Å². The monoisotopic (exact) mass is 544 g/mol. The van der Waals surface area contributed by atoms with Gasteiger partial charge in [0, 0.05) is 12.2 Å². The third-order valence-electron chi connectivity index (χ3n) is 5.06. The lowest BCUT2D eigenvalue weighted by Gasteiger charge is -2.26. The zero-order valence-corrected chi connectivity index (χ0v) is 19.6. The van der Waals surface area contributed by atoms with E-state index >= 15 is 0 Å². The molecule has 1 amide bonds. The number of fused-ring (bicyclic) bond motifs is 1. The maximum absolute atomic E-state index is 13.1. The van der Waals surface area contributed by atoms with E-state index in [-0.39, 0.29) is 30.1 Å². The van der Waals surface area contributed by atoms with Crippen LogP contribution in [0.3, 0.4) is 0 Å². The number of alkyl halides is 6. The fraction of sp³-hybridized carbons (Fsp3) is 0.261. The van der Waals surface area contributed by atoms with E-state index in [1.165, 1.54) is 0 Å². The minimum atomic E-state index is -5.03. The molecule has 0 aliphatic carbocycles. The Kier molecular flexibility index (Phi) is 7.39. The van der Waals surface area contributed by atoms with E-state index in [1.807, 2.05) is 0 Å². The zero-order chi connectivity index (χ0) is 26.8. The van der Waals surface area contributed by atoms with Crippen LogP contribution in [-0.2, 0) is 23.7 Å². The van der Waals surface area contributed by atoms with Gasteiger partial charge in [-0.25, -0.2) is 0 Å². The van der Waals surface area contributed by atoms with Gasteiger partial charge in [-0.2, -0.15) is 26.3 Å². The predicted octanol–water partition coefficient (Wildman–Crippen LogP) is 5.75. The molecule has 37 heavy (non-hydrogen) atoms. The number of aromatic nitrogens is 3. The molecule has 196 valence electrons. The van der Waals surface area contributed by atoms with Crippen molar-refractivity contribution in [2.24, 2.45) is 0 Å². The Hall–Kier alpha value is -3.68. The Morgan fingerprint density at radius 1 is 1.08 bits per heavy atom. The Balaban J connectivity index is 1.48. The standard InChI is InChI=1S/C23H18F6N4O3S/c1-2-7-33-20(18-11-35-16-5-3-4-6-17(16)36-18)31-32-21(33)37-12-19(34)30-15-9-13(22(24,25)26)8-14(10-15)23(27,28)29/h2-6,8-10,18H,1,7,11-12H2,(H,30,34)/t18-/m1/s1. The van der Waals surface area contributed by atoms with Gasteiger partial charge in [0.1, 0.15) is 6.61 Å². The normalized spacial score (nSPS) is 15.4. The fourth-order valence-electron chi connectivity index (χ4n) is 3.45. The second kappa shape index (κ2) is 10.4. The molecule has 7 nitrogen and oxygen atoms in total. The molecule has 1 aliphatic heterocycles. The Labute approximate surface area is 210 Å². The van der Waals surface area contributed by atoms with Gasteiger partial charge in [-0.1, -0.05) is 30.0 Å². The van der Waals surface area contributed by atoms with Crippen LogP contribution in [-0.4, -0.2) is 33.0 Å². The van der Waals surface area contributed by atoms with Crippen molar-refractivity contribution in [3.05, 3.63) is 72.1 Å². The number of ether oxygens (including phenoxy) is 2. The molecule has 3 aromatic rings. The second-order valence-electron chi connectivity index (χ2n) is 7.74. The lowest BCUT2D eigenvalue weighted by atomic mass is 10.1. The summed E-state index contributed by atoms with van der Waals surface area (Å²) in [6.45, 7) is 4.08.